The summed E-state index contributed by atoms with van der Waals surface area (Å²) in [5.41, 5.74) is 7.39. The molecule has 0 heterocycles. The first-order valence-electron chi connectivity index (χ1n) is 4.45. The lowest BCUT2D eigenvalue weighted by Crippen LogP contribution is -2.39. The third-order valence-electron chi connectivity index (χ3n) is 1.64. The van der Waals surface area contributed by atoms with Gasteiger partial charge in [-0.25, -0.2) is 0 Å². The predicted octanol–water partition coefficient (Wildman–Crippen LogP) is 1.39. The van der Waals surface area contributed by atoms with Crippen LogP contribution in [-0.2, 0) is 0 Å². The molecule has 0 rings (SSSR count). The van der Waals surface area contributed by atoms with Crippen molar-refractivity contribution in [2.45, 2.75) is 26.4 Å². The summed E-state index contributed by atoms with van der Waals surface area (Å²) in [6.07, 6.45) is 0. The van der Waals surface area contributed by atoms with Crippen molar-refractivity contribution in [3.63, 3.8) is 0 Å². The molecule has 76 valence electrons. The molecule has 0 unspecified atom stereocenters. The van der Waals surface area contributed by atoms with Crippen LogP contribution < -0.4 is 0 Å². The van der Waals surface area contributed by atoms with Gasteiger partial charge in [0, 0.05) is 24.5 Å². The first-order chi connectivity index (χ1) is 5.99. The molecule has 0 aromatic rings. The fourth-order valence-corrected chi connectivity index (χ4v) is 1.13. The fourth-order valence-electron chi connectivity index (χ4n) is 1.13. The quantitative estimate of drug-likeness (QED) is 0.387. The summed E-state index contributed by atoms with van der Waals surface area (Å²) >= 11 is 0. The average Bonchev–Trinajstić information content (AvgIpc) is 2.01. The number of rotatable bonds is 6. The summed E-state index contributed by atoms with van der Waals surface area (Å²) in [5.74, 6) is 0. The Morgan fingerprint density at radius 2 is 2.15 bits per heavy atom. The monoisotopic (exact) mass is 186 g/mol. The highest BCUT2D eigenvalue weighted by molar-refractivity contribution is 4.71. The Morgan fingerprint density at radius 1 is 1.54 bits per heavy atom. The normalized spacial score (nSPS) is 11.5. The smallest absolute Gasteiger partial charge is 0.0718 e. The van der Waals surface area contributed by atoms with Crippen molar-refractivity contribution in [1.82, 2.24) is 4.90 Å². The number of nitrogens with zero attached hydrogens (tertiary/aromatic N) is 4. The molecule has 0 amide bonds. The summed E-state index contributed by atoms with van der Waals surface area (Å²) in [6, 6.07) is 0. The Labute approximate surface area is 79.0 Å². The number of azide groups is 1. The Kier molecular flexibility index (Phi) is 5.46. The second-order valence-electron chi connectivity index (χ2n) is 3.64. The molecule has 0 saturated heterocycles. The molecule has 0 aromatic heterocycles. The Hall–Kier alpha value is -0.770. The van der Waals surface area contributed by atoms with Crippen molar-refractivity contribution in [3.8, 4) is 0 Å². The van der Waals surface area contributed by atoms with Gasteiger partial charge in [-0.2, -0.15) is 0 Å². The van der Waals surface area contributed by atoms with Crippen molar-refractivity contribution >= 4 is 0 Å². The Balaban J connectivity index is 3.82. The first-order valence-corrected chi connectivity index (χ1v) is 4.45. The van der Waals surface area contributed by atoms with Gasteiger partial charge in [-0.15, -0.1) is 0 Å². The van der Waals surface area contributed by atoms with E-state index < -0.39 is 5.60 Å². The van der Waals surface area contributed by atoms with Gasteiger partial charge in [-0.3, -0.25) is 0 Å². The van der Waals surface area contributed by atoms with E-state index in [0.29, 0.717) is 19.6 Å². The van der Waals surface area contributed by atoms with E-state index in [0.717, 1.165) is 6.54 Å². The zero-order chi connectivity index (χ0) is 10.3. The highest BCUT2D eigenvalue weighted by Crippen LogP contribution is 2.03. The van der Waals surface area contributed by atoms with Gasteiger partial charge in [0.1, 0.15) is 0 Å². The van der Waals surface area contributed by atoms with Crippen LogP contribution in [0.3, 0.4) is 0 Å². The van der Waals surface area contributed by atoms with Gasteiger partial charge < -0.3 is 10.0 Å². The molecule has 0 aliphatic heterocycles. The summed E-state index contributed by atoms with van der Waals surface area (Å²) in [6.45, 7) is 8.16. The molecular weight excluding hydrogens is 168 g/mol. The van der Waals surface area contributed by atoms with Crippen LogP contribution in [0.15, 0.2) is 5.11 Å². The first kappa shape index (κ1) is 12.2. The third kappa shape index (κ3) is 7.59. The fraction of sp³-hybridized carbons (Fsp3) is 1.00. The van der Waals surface area contributed by atoms with E-state index in [9.17, 15) is 5.11 Å². The maximum Gasteiger partial charge on any atom is 0.0718 e. The van der Waals surface area contributed by atoms with E-state index in [-0.39, 0.29) is 0 Å². The van der Waals surface area contributed by atoms with Crippen molar-refractivity contribution in [2.75, 3.05) is 26.2 Å². The van der Waals surface area contributed by atoms with Crippen molar-refractivity contribution in [2.24, 2.45) is 5.11 Å². The van der Waals surface area contributed by atoms with Crippen LogP contribution in [-0.4, -0.2) is 41.8 Å². The molecule has 0 saturated carbocycles. The minimum Gasteiger partial charge on any atom is -0.389 e. The molecule has 5 nitrogen and oxygen atoms in total. The lowest BCUT2D eigenvalue weighted by Gasteiger charge is -2.27. The van der Waals surface area contributed by atoms with Gasteiger partial charge in [0.15, 0.2) is 0 Å². The SMILES string of the molecule is CCN(CCN=[N+]=[N-])CC(C)(C)O. The van der Waals surface area contributed by atoms with Crippen molar-refractivity contribution in [3.05, 3.63) is 10.4 Å². The van der Waals surface area contributed by atoms with Crippen LogP contribution in [0.5, 0.6) is 0 Å². The van der Waals surface area contributed by atoms with E-state index >= 15 is 0 Å². The van der Waals surface area contributed by atoms with Gasteiger partial charge in [0.25, 0.3) is 0 Å². The van der Waals surface area contributed by atoms with E-state index in [4.69, 9.17) is 5.53 Å². The zero-order valence-electron chi connectivity index (χ0n) is 8.56. The summed E-state index contributed by atoms with van der Waals surface area (Å²) in [4.78, 5) is 4.72. The summed E-state index contributed by atoms with van der Waals surface area (Å²) in [7, 11) is 0. The molecule has 0 aromatic carbocycles. The lowest BCUT2D eigenvalue weighted by atomic mass is 10.1. The van der Waals surface area contributed by atoms with Gasteiger partial charge in [0.05, 0.1) is 5.60 Å². The number of hydrogen-bond donors (Lipinski definition) is 1. The molecule has 0 atom stereocenters. The number of hydrogen-bond acceptors (Lipinski definition) is 3. The van der Waals surface area contributed by atoms with Crippen LogP contribution >= 0.6 is 0 Å². The van der Waals surface area contributed by atoms with Gasteiger partial charge >= 0.3 is 0 Å². The summed E-state index contributed by atoms with van der Waals surface area (Å²) in [5, 5.41) is 13.0. The molecular formula is C8H18N4O. The zero-order valence-corrected chi connectivity index (χ0v) is 8.56. The molecule has 0 aliphatic carbocycles. The average molecular weight is 186 g/mol. The second kappa shape index (κ2) is 5.80. The molecule has 0 radical (unpaired) electrons. The van der Waals surface area contributed by atoms with Crippen LogP contribution in [0.2, 0.25) is 0 Å². The molecule has 13 heavy (non-hydrogen) atoms. The van der Waals surface area contributed by atoms with Crippen LogP contribution in [0.1, 0.15) is 20.8 Å². The van der Waals surface area contributed by atoms with Gasteiger partial charge in [0.2, 0.25) is 0 Å². The van der Waals surface area contributed by atoms with Gasteiger partial charge in [-0.1, -0.05) is 12.0 Å². The van der Waals surface area contributed by atoms with Crippen LogP contribution in [0.4, 0.5) is 0 Å². The van der Waals surface area contributed by atoms with Gasteiger partial charge in [-0.05, 0) is 25.9 Å². The number of likely N-dealkylation sites (N-methyl/N-ethyl adjacent to an activating group) is 1. The lowest BCUT2D eigenvalue weighted by molar-refractivity contribution is 0.0389. The Bertz CT molecular complexity index is 181. The van der Waals surface area contributed by atoms with E-state index in [1.165, 1.54) is 0 Å². The largest absolute Gasteiger partial charge is 0.389 e. The maximum atomic E-state index is 9.53. The molecule has 0 aliphatic rings. The molecule has 0 bridgehead atoms. The molecule has 1 N–H and O–H groups in total. The summed E-state index contributed by atoms with van der Waals surface area (Å²) < 4.78 is 0. The highest BCUT2D eigenvalue weighted by atomic mass is 16.3. The standard InChI is InChI=1S/C8H18N4O/c1-4-12(6-5-10-11-9)7-8(2,3)13/h13H,4-7H2,1-3H3. The highest BCUT2D eigenvalue weighted by Gasteiger charge is 2.16. The predicted molar refractivity (Wildman–Crippen MR) is 52.4 cm³/mol. The van der Waals surface area contributed by atoms with E-state index in [1.807, 2.05) is 6.92 Å². The minimum absolute atomic E-state index is 0.459. The third-order valence-corrected chi connectivity index (χ3v) is 1.64. The maximum absolute atomic E-state index is 9.53. The molecule has 0 fully saturated rings. The van der Waals surface area contributed by atoms with Crippen molar-refractivity contribution < 1.29 is 5.11 Å². The van der Waals surface area contributed by atoms with Crippen LogP contribution in [0, 0.1) is 0 Å². The Morgan fingerprint density at radius 3 is 2.54 bits per heavy atom. The molecule has 5 heteroatoms. The van der Waals surface area contributed by atoms with E-state index in [2.05, 4.69) is 14.9 Å². The molecule has 0 spiro atoms. The topological polar surface area (TPSA) is 72.2 Å². The minimum atomic E-state index is -0.688. The van der Waals surface area contributed by atoms with Crippen molar-refractivity contribution in [1.29, 1.82) is 0 Å². The van der Waals surface area contributed by atoms with Crippen LogP contribution in [0.25, 0.3) is 10.4 Å². The number of aliphatic hydroxyl groups is 1. The van der Waals surface area contributed by atoms with E-state index in [1.54, 1.807) is 13.8 Å². The second-order valence-corrected chi connectivity index (χ2v) is 3.64.